The summed E-state index contributed by atoms with van der Waals surface area (Å²) in [7, 11) is 0. The molecule has 2 rings (SSSR count). The van der Waals surface area contributed by atoms with Gasteiger partial charge in [0.15, 0.2) is 0 Å². The molecule has 5 heteroatoms. The van der Waals surface area contributed by atoms with E-state index >= 15 is 0 Å². The molecular formula is C19H30N2O2S. The van der Waals surface area contributed by atoms with Crippen LogP contribution in [0, 0.1) is 12.8 Å². The zero-order valence-electron chi connectivity index (χ0n) is 14.8. The minimum Gasteiger partial charge on any atom is -0.493 e. The predicted molar refractivity (Wildman–Crippen MR) is 103 cm³/mol. The van der Waals surface area contributed by atoms with Crippen molar-refractivity contribution in [2.75, 3.05) is 23.9 Å². The Balaban J connectivity index is 1.90. The molecule has 0 bridgehead atoms. The van der Waals surface area contributed by atoms with Gasteiger partial charge in [-0.25, -0.2) is 0 Å². The van der Waals surface area contributed by atoms with Crippen LogP contribution in [0.5, 0.6) is 5.75 Å². The van der Waals surface area contributed by atoms with Gasteiger partial charge >= 0.3 is 0 Å². The number of benzene rings is 1. The van der Waals surface area contributed by atoms with E-state index in [-0.39, 0.29) is 5.91 Å². The Morgan fingerprint density at radius 2 is 2.12 bits per heavy atom. The molecule has 4 nitrogen and oxygen atoms in total. The fraction of sp³-hybridized carbons (Fsp3) is 0.632. The van der Waals surface area contributed by atoms with Crippen LogP contribution < -0.4 is 15.8 Å². The highest BCUT2D eigenvalue weighted by Crippen LogP contribution is 2.27. The molecule has 1 amide bonds. The summed E-state index contributed by atoms with van der Waals surface area (Å²) in [6, 6.07) is 5.34. The fourth-order valence-corrected chi connectivity index (χ4v) is 3.50. The molecule has 0 spiro atoms. The predicted octanol–water partition coefficient (Wildman–Crippen LogP) is 3.97. The van der Waals surface area contributed by atoms with Crippen molar-refractivity contribution in [1.29, 1.82) is 0 Å². The average Bonchev–Trinajstić information content (AvgIpc) is 2.60. The molecule has 1 aromatic carbocycles. The number of aryl methyl sites for hydroxylation is 1. The molecule has 0 saturated heterocycles. The number of hydrogen-bond donors (Lipinski definition) is 2. The van der Waals surface area contributed by atoms with Crippen LogP contribution >= 0.6 is 11.8 Å². The van der Waals surface area contributed by atoms with E-state index in [0.29, 0.717) is 12.3 Å². The van der Waals surface area contributed by atoms with Crippen LogP contribution in [-0.2, 0) is 4.79 Å². The summed E-state index contributed by atoms with van der Waals surface area (Å²) in [4.78, 5) is 12.1. The number of nitrogens with one attached hydrogen (secondary N) is 1. The van der Waals surface area contributed by atoms with E-state index in [9.17, 15) is 4.79 Å². The standard InChI is InChI=1S/C19H30N2O2S/c1-14-8-9-16(21-19(22)17(20)10-11-24-2)12-18(14)23-13-15-6-4-3-5-7-15/h8-9,12,15,17H,3-7,10-11,13,20H2,1-2H3,(H,21,22)/t17-/m0/s1. The Hall–Kier alpha value is -1.20. The first-order valence-corrected chi connectivity index (χ1v) is 10.3. The van der Waals surface area contributed by atoms with Gasteiger partial charge in [-0.2, -0.15) is 11.8 Å². The van der Waals surface area contributed by atoms with Gasteiger partial charge in [0.2, 0.25) is 5.91 Å². The topological polar surface area (TPSA) is 64.4 Å². The lowest BCUT2D eigenvalue weighted by Crippen LogP contribution is -2.36. The maximum absolute atomic E-state index is 12.1. The fourth-order valence-electron chi connectivity index (χ4n) is 3.01. The van der Waals surface area contributed by atoms with Crippen LogP contribution in [0.25, 0.3) is 0 Å². The molecule has 24 heavy (non-hydrogen) atoms. The van der Waals surface area contributed by atoms with Crippen molar-refractivity contribution >= 4 is 23.4 Å². The Labute approximate surface area is 149 Å². The molecule has 1 aromatic rings. The van der Waals surface area contributed by atoms with Crippen molar-refractivity contribution in [3.05, 3.63) is 23.8 Å². The maximum Gasteiger partial charge on any atom is 0.241 e. The number of nitrogens with two attached hydrogens (primary N) is 1. The number of thioether (sulfide) groups is 1. The molecule has 0 aromatic heterocycles. The van der Waals surface area contributed by atoms with Crippen LogP contribution in [0.4, 0.5) is 5.69 Å². The normalized spacial score (nSPS) is 16.6. The van der Waals surface area contributed by atoms with Gasteiger partial charge in [-0.15, -0.1) is 0 Å². The highest BCUT2D eigenvalue weighted by atomic mass is 32.2. The average molecular weight is 351 g/mol. The van der Waals surface area contributed by atoms with Gasteiger partial charge in [0.25, 0.3) is 0 Å². The molecule has 1 aliphatic rings. The van der Waals surface area contributed by atoms with E-state index < -0.39 is 6.04 Å². The number of rotatable bonds is 8. The van der Waals surface area contributed by atoms with Crippen LogP contribution in [0.15, 0.2) is 18.2 Å². The molecule has 0 radical (unpaired) electrons. The molecule has 1 saturated carbocycles. The van der Waals surface area contributed by atoms with E-state index in [1.165, 1.54) is 32.1 Å². The second kappa shape index (κ2) is 9.94. The third kappa shape index (κ3) is 6.02. The van der Waals surface area contributed by atoms with E-state index in [2.05, 4.69) is 5.32 Å². The zero-order valence-corrected chi connectivity index (χ0v) is 15.7. The van der Waals surface area contributed by atoms with E-state index in [0.717, 1.165) is 29.4 Å². The second-order valence-electron chi connectivity index (χ2n) is 6.67. The van der Waals surface area contributed by atoms with E-state index in [4.69, 9.17) is 10.5 Å². The Bertz CT molecular complexity index is 530. The van der Waals surface area contributed by atoms with Crippen LogP contribution in [0.1, 0.15) is 44.1 Å². The highest BCUT2D eigenvalue weighted by molar-refractivity contribution is 7.98. The first kappa shape index (κ1) is 19.1. The molecular weight excluding hydrogens is 320 g/mol. The third-order valence-corrected chi connectivity index (χ3v) is 5.27. The van der Waals surface area contributed by atoms with Crippen molar-refractivity contribution in [1.82, 2.24) is 0 Å². The van der Waals surface area contributed by atoms with Gasteiger partial charge in [0, 0.05) is 11.8 Å². The van der Waals surface area contributed by atoms with Crippen LogP contribution in [0.3, 0.4) is 0 Å². The van der Waals surface area contributed by atoms with Gasteiger partial charge in [-0.05, 0) is 55.7 Å². The van der Waals surface area contributed by atoms with Crippen LogP contribution in [0.2, 0.25) is 0 Å². The van der Waals surface area contributed by atoms with E-state index in [1.807, 2.05) is 31.4 Å². The summed E-state index contributed by atoms with van der Waals surface area (Å²) in [5.41, 5.74) is 7.77. The largest absolute Gasteiger partial charge is 0.493 e. The zero-order chi connectivity index (χ0) is 17.4. The maximum atomic E-state index is 12.1. The SMILES string of the molecule is CSCC[C@H](N)C(=O)Nc1ccc(C)c(OCC2CCCCC2)c1. The summed E-state index contributed by atoms with van der Waals surface area (Å²) in [6.07, 6.45) is 9.21. The summed E-state index contributed by atoms with van der Waals surface area (Å²) in [5.74, 6) is 2.27. The van der Waals surface area contributed by atoms with Crippen molar-refractivity contribution in [3.8, 4) is 5.75 Å². The van der Waals surface area contributed by atoms with E-state index in [1.54, 1.807) is 11.8 Å². The van der Waals surface area contributed by atoms with Gasteiger partial charge in [0.1, 0.15) is 5.75 Å². The first-order chi connectivity index (χ1) is 11.6. The lowest BCUT2D eigenvalue weighted by atomic mass is 9.90. The van der Waals surface area contributed by atoms with Crippen molar-refractivity contribution in [2.45, 2.75) is 51.5 Å². The molecule has 1 atom stereocenters. The van der Waals surface area contributed by atoms with Crippen molar-refractivity contribution in [3.63, 3.8) is 0 Å². The number of anilines is 1. The van der Waals surface area contributed by atoms with Gasteiger partial charge < -0.3 is 15.8 Å². The molecule has 134 valence electrons. The summed E-state index contributed by atoms with van der Waals surface area (Å²) in [6.45, 7) is 2.80. The number of amides is 1. The number of ether oxygens (including phenoxy) is 1. The Morgan fingerprint density at radius 3 is 2.83 bits per heavy atom. The van der Waals surface area contributed by atoms with Crippen molar-refractivity contribution < 1.29 is 9.53 Å². The highest BCUT2D eigenvalue weighted by Gasteiger charge is 2.16. The molecule has 0 heterocycles. The minimum atomic E-state index is -0.467. The number of carbonyl (C=O) groups is 1. The summed E-state index contributed by atoms with van der Waals surface area (Å²) < 4.78 is 6.04. The first-order valence-electron chi connectivity index (χ1n) is 8.89. The van der Waals surface area contributed by atoms with Crippen molar-refractivity contribution in [2.24, 2.45) is 11.7 Å². The third-order valence-electron chi connectivity index (χ3n) is 4.62. The minimum absolute atomic E-state index is 0.133. The molecule has 0 aliphatic heterocycles. The Kier molecular flexibility index (Phi) is 7.92. The number of carbonyl (C=O) groups excluding carboxylic acids is 1. The Morgan fingerprint density at radius 1 is 1.38 bits per heavy atom. The van der Waals surface area contributed by atoms with Gasteiger partial charge in [-0.3, -0.25) is 4.79 Å². The quantitative estimate of drug-likeness (QED) is 0.744. The van der Waals surface area contributed by atoms with Gasteiger partial charge in [0.05, 0.1) is 12.6 Å². The smallest absolute Gasteiger partial charge is 0.241 e. The van der Waals surface area contributed by atoms with Crippen LogP contribution in [-0.4, -0.2) is 30.6 Å². The molecule has 0 unspecified atom stereocenters. The molecule has 1 fully saturated rings. The summed E-state index contributed by atoms with van der Waals surface area (Å²) in [5, 5.41) is 2.90. The lowest BCUT2D eigenvalue weighted by molar-refractivity contribution is -0.117. The summed E-state index contributed by atoms with van der Waals surface area (Å²) >= 11 is 1.70. The molecule has 3 N–H and O–H groups in total. The monoisotopic (exact) mass is 350 g/mol. The number of hydrogen-bond acceptors (Lipinski definition) is 4. The molecule has 1 aliphatic carbocycles. The lowest BCUT2D eigenvalue weighted by Gasteiger charge is -2.22. The second-order valence-corrected chi connectivity index (χ2v) is 7.66. The van der Waals surface area contributed by atoms with Gasteiger partial charge in [-0.1, -0.05) is 25.3 Å².